The number of aliphatic carboxylic acids is 1. The summed E-state index contributed by atoms with van der Waals surface area (Å²) in [6.45, 7) is 2.38. The van der Waals surface area contributed by atoms with Crippen molar-refractivity contribution < 1.29 is 23.8 Å². The molecule has 25 heavy (non-hydrogen) atoms. The summed E-state index contributed by atoms with van der Waals surface area (Å²) in [5.74, 6) is -2.18. The van der Waals surface area contributed by atoms with Crippen molar-refractivity contribution in [2.75, 3.05) is 13.2 Å². The molecule has 0 aliphatic rings. The van der Waals surface area contributed by atoms with Gasteiger partial charge in [0.05, 0.1) is 18.7 Å². The van der Waals surface area contributed by atoms with E-state index in [1.54, 1.807) is 24.3 Å². The Morgan fingerprint density at radius 2 is 1.96 bits per heavy atom. The molecule has 0 saturated heterocycles. The van der Waals surface area contributed by atoms with E-state index < -0.39 is 23.6 Å². The van der Waals surface area contributed by atoms with Gasteiger partial charge in [-0.05, 0) is 43.2 Å². The van der Waals surface area contributed by atoms with E-state index in [2.05, 4.69) is 10.3 Å². The van der Waals surface area contributed by atoms with Crippen molar-refractivity contribution in [2.24, 2.45) is 5.92 Å². The number of carbonyl (C=O) groups excluding carboxylic acids is 1. The highest BCUT2D eigenvalue weighted by molar-refractivity contribution is 5.92. The van der Waals surface area contributed by atoms with Gasteiger partial charge in [-0.1, -0.05) is 12.1 Å². The third kappa shape index (κ3) is 5.56. The molecule has 1 unspecified atom stereocenters. The Labute approximate surface area is 144 Å². The highest BCUT2D eigenvalue weighted by Gasteiger charge is 2.20. The van der Waals surface area contributed by atoms with Crippen LogP contribution in [0.15, 0.2) is 42.6 Å². The number of pyridine rings is 1. The number of benzene rings is 1. The largest absolute Gasteiger partial charge is 0.494 e. The van der Waals surface area contributed by atoms with Crippen molar-refractivity contribution in [3.05, 3.63) is 59.7 Å². The first kappa shape index (κ1) is 18.4. The molecule has 1 aromatic heterocycles. The Morgan fingerprint density at radius 1 is 1.24 bits per heavy atom. The third-order valence-corrected chi connectivity index (χ3v) is 3.53. The summed E-state index contributed by atoms with van der Waals surface area (Å²) in [6, 6.07) is 9.51. The zero-order valence-corrected chi connectivity index (χ0v) is 13.7. The molecule has 0 aliphatic heterocycles. The summed E-state index contributed by atoms with van der Waals surface area (Å²) in [7, 11) is 0. The normalized spacial score (nSPS) is 11.6. The van der Waals surface area contributed by atoms with E-state index >= 15 is 0 Å². The molecule has 0 fully saturated rings. The van der Waals surface area contributed by atoms with Gasteiger partial charge in [-0.3, -0.25) is 9.59 Å². The lowest BCUT2D eigenvalue weighted by atomic mass is 9.99. The first-order valence-corrected chi connectivity index (χ1v) is 7.84. The molecule has 1 atom stereocenters. The molecule has 132 valence electrons. The van der Waals surface area contributed by atoms with Crippen LogP contribution in [0.2, 0.25) is 0 Å². The molecule has 1 heterocycles. The minimum absolute atomic E-state index is 0.0339. The second kappa shape index (κ2) is 8.77. The number of aromatic nitrogens is 1. The number of nitrogens with zero attached hydrogens (tertiary/aromatic N) is 1. The molecule has 1 aromatic carbocycles. The van der Waals surface area contributed by atoms with Gasteiger partial charge < -0.3 is 15.2 Å². The summed E-state index contributed by atoms with van der Waals surface area (Å²) in [5.41, 5.74) is 0.858. The first-order valence-electron chi connectivity index (χ1n) is 7.84. The number of ether oxygens (including phenoxy) is 1. The van der Waals surface area contributed by atoms with Gasteiger partial charge in [0, 0.05) is 6.54 Å². The van der Waals surface area contributed by atoms with Crippen LogP contribution in [0.25, 0.3) is 0 Å². The van der Waals surface area contributed by atoms with Gasteiger partial charge in [0.25, 0.3) is 5.91 Å². The van der Waals surface area contributed by atoms with E-state index in [0.29, 0.717) is 12.4 Å². The van der Waals surface area contributed by atoms with Crippen LogP contribution >= 0.6 is 0 Å². The van der Waals surface area contributed by atoms with Crippen LogP contribution in [-0.2, 0) is 11.2 Å². The summed E-state index contributed by atoms with van der Waals surface area (Å²) < 4.78 is 18.2. The second-order valence-corrected chi connectivity index (χ2v) is 5.39. The van der Waals surface area contributed by atoms with Crippen LogP contribution in [0.4, 0.5) is 4.39 Å². The van der Waals surface area contributed by atoms with E-state index in [-0.39, 0.29) is 18.7 Å². The van der Waals surface area contributed by atoms with Crippen molar-refractivity contribution in [3.8, 4) is 5.75 Å². The number of hydrogen-bond donors (Lipinski definition) is 2. The smallest absolute Gasteiger partial charge is 0.308 e. The molecule has 0 bridgehead atoms. The Hall–Kier alpha value is -2.96. The Morgan fingerprint density at radius 3 is 2.52 bits per heavy atom. The van der Waals surface area contributed by atoms with Gasteiger partial charge in [-0.25, -0.2) is 9.37 Å². The van der Waals surface area contributed by atoms with Crippen molar-refractivity contribution in [2.45, 2.75) is 13.3 Å². The lowest BCUT2D eigenvalue weighted by Crippen LogP contribution is -2.34. The fourth-order valence-corrected chi connectivity index (χ4v) is 2.24. The van der Waals surface area contributed by atoms with Crippen molar-refractivity contribution in [3.63, 3.8) is 0 Å². The maximum Gasteiger partial charge on any atom is 0.308 e. The van der Waals surface area contributed by atoms with Crippen LogP contribution in [0.1, 0.15) is 23.0 Å². The zero-order valence-electron chi connectivity index (χ0n) is 13.7. The predicted molar refractivity (Wildman–Crippen MR) is 89.0 cm³/mol. The van der Waals surface area contributed by atoms with Crippen molar-refractivity contribution in [1.82, 2.24) is 10.3 Å². The minimum atomic E-state index is -1.01. The second-order valence-electron chi connectivity index (χ2n) is 5.39. The van der Waals surface area contributed by atoms with E-state index in [4.69, 9.17) is 4.74 Å². The lowest BCUT2D eigenvalue weighted by Gasteiger charge is -2.14. The van der Waals surface area contributed by atoms with Crippen LogP contribution < -0.4 is 10.1 Å². The summed E-state index contributed by atoms with van der Waals surface area (Å²) >= 11 is 0. The quantitative estimate of drug-likeness (QED) is 0.766. The van der Waals surface area contributed by atoms with Gasteiger partial charge in [-0.2, -0.15) is 0 Å². The maximum atomic E-state index is 12.8. The number of carboxylic acid groups (broad SMARTS) is 1. The molecule has 0 saturated carbocycles. The number of halogens is 1. The zero-order chi connectivity index (χ0) is 18.2. The molecule has 2 aromatic rings. The summed E-state index contributed by atoms with van der Waals surface area (Å²) in [4.78, 5) is 27.0. The fraction of sp³-hybridized carbons (Fsp3) is 0.278. The molecule has 7 heteroatoms. The standard InChI is InChI=1S/C18H19FN2O4/c1-2-25-15-6-3-12(4-7-15)9-13(18(23)24)10-21-17(22)16-8-5-14(19)11-20-16/h3-8,11,13H,2,9-10H2,1H3,(H,21,22)(H,23,24). The van der Waals surface area contributed by atoms with Gasteiger partial charge in [0.15, 0.2) is 0 Å². The summed E-state index contributed by atoms with van der Waals surface area (Å²) in [6.07, 6.45) is 1.20. The average molecular weight is 346 g/mol. The first-order chi connectivity index (χ1) is 12.0. The Kier molecular flexibility index (Phi) is 6.45. The van der Waals surface area contributed by atoms with E-state index in [1.807, 2.05) is 6.92 Å². The van der Waals surface area contributed by atoms with E-state index in [9.17, 15) is 19.1 Å². The van der Waals surface area contributed by atoms with Gasteiger partial charge >= 0.3 is 5.97 Å². The fourth-order valence-electron chi connectivity index (χ4n) is 2.24. The molecule has 0 aliphatic carbocycles. The number of nitrogens with one attached hydrogen (secondary N) is 1. The number of carboxylic acids is 1. The number of amides is 1. The molecule has 6 nitrogen and oxygen atoms in total. The Balaban J connectivity index is 1.95. The number of hydrogen-bond acceptors (Lipinski definition) is 4. The molecule has 1 amide bonds. The van der Waals surface area contributed by atoms with Crippen LogP contribution in [-0.4, -0.2) is 35.1 Å². The van der Waals surface area contributed by atoms with Gasteiger partial charge in [0.2, 0.25) is 0 Å². The SMILES string of the molecule is CCOc1ccc(CC(CNC(=O)c2ccc(F)cn2)C(=O)O)cc1. The predicted octanol–water partition coefficient (Wildman–Crippen LogP) is 2.29. The van der Waals surface area contributed by atoms with Crippen LogP contribution in [0.3, 0.4) is 0 Å². The monoisotopic (exact) mass is 346 g/mol. The molecule has 0 spiro atoms. The van der Waals surface area contributed by atoms with Gasteiger partial charge in [0.1, 0.15) is 17.3 Å². The van der Waals surface area contributed by atoms with Crippen LogP contribution in [0.5, 0.6) is 5.75 Å². The number of rotatable bonds is 8. The Bertz CT molecular complexity index is 717. The molecular formula is C18H19FN2O4. The van der Waals surface area contributed by atoms with Crippen LogP contribution in [0, 0.1) is 11.7 Å². The van der Waals surface area contributed by atoms with E-state index in [1.165, 1.54) is 6.07 Å². The van der Waals surface area contributed by atoms with Gasteiger partial charge in [-0.15, -0.1) is 0 Å². The van der Waals surface area contributed by atoms with Crippen molar-refractivity contribution in [1.29, 1.82) is 0 Å². The topological polar surface area (TPSA) is 88.5 Å². The molecular weight excluding hydrogens is 327 g/mol. The average Bonchev–Trinajstić information content (AvgIpc) is 2.60. The highest BCUT2D eigenvalue weighted by atomic mass is 19.1. The minimum Gasteiger partial charge on any atom is -0.494 e. The maximum absolute atomic E-state index is 12.8. The van der Waals surface area contributed by atoms with Crippen molar-refractivity contribution >= 4 is 11.9 Å². The number of carbonyl (C=O) groups is 2. The molecule has 2 N–H and O–H groups in total. The molecule has 0 radical (unpaired) electrons. The highest BCUT2D eigenvalue weighted by Crippen LogP contribution is 2.15. The lowest BCUT2D eigenvalue weighted by molar-refractivity contribution is -0.141. The third-order valence-electron chi connectivity index (χ3n) is 3.53. The summed E-state index contributed by atoms with van der Waals surface area (Å²) in [5, 5.41) is 11.9. The van der Waals surface area contributed by atoms with E-state index in [0.717, 1.165) is 17.8 Å². The molecule has 2 rings (SSSR count).